The van der Waals surface area contributed by atoms with Gasteiger partial charge >= 0.3 is 0 Å². The van der Waals surface area contributed by atoms with Gasteiger partial charge in [0.1, 0.15) is 11.0 Å². The Morgan fingerprint density at radius 3 is 2.82 bits per heavy atom. The molecule has 0 saturated heterocycles. The van der Waals surface area contributed by atoms with Crippen molar-refractivity contribution in [2.75, 3.05) is 6.54 Å². The van der Waals surface area contributed by atoms with Gasteiger partial charge in [0.2, 0.25) is 10.0 Å². The smallest absolute Gasteiger partial charge is 0.211 e. The van der Waals surface area contributed by atoms with Gasteiger partial charge in [0.25, 0.3) is 0 Å². The molecule has 90 valence electrons. The highest BCUT2D eigenvalue weighted by molar-refractivity contribution is 7.89. The van der Waals surface area contributed by atoms with Crippen LogP contribution in [0.1, 0.15) is 12.0 Å². The predicted molar refractivity (Wildman–Crippen MR) is 66.2 cm³/mol. The van der Waals surface area contributed by atoms with Crippen LogP contribution >= 0.6 is 11.6 Å². The van der Waals surface area contributed by atoms with E-state index in [9.17, 15) is 8.42 Å². The van der Waals surface area contributed by atoms with Crippen LogP contribution in [0.15, 0.2) is 35.7 Å². The van der Waals surface area contributed by atoms with Crippen LogP contribution in [-0.2, 0) is 10.0 Å². The summed E-state index contributed by atoms with van der Waals surface area (Å²) >= 11 is 5.72. The molecule has 0 amide bonds. The molecule has 1 rings (SSSR count). The van der Waals surface area contributed by atoms with Crippen molar-refractivity contribution >= 4 is 21.6 Å². The second-order valence-corrected chi connectivity index (χ2v) is 5.40. The standard InChI is InChI=1S/C11H11ClN2O2S/c1-2-3-6-14-17(15,16)11-7-10(12)5-4-9(11)8-13/h2,4-5,7,14H,1,3,6H2. The second kappa shape index (κ2) is 5.82. The zero-order valence-electron chi connectivity index (χ0n) is 8.98. The zero-order valence-corrected chi connectivity index (χ0v) is 10.6. The van der Waals surface area contributed by atoms with Gasteiger partial charge in [0, 0.05) is 11.6 Å². The number of nitrogens with one attached hydrogen (secondary N) is 1. The van der Waals surface area contributed by atoms with Gasteiger partial charge < -0.3 is 0 Å². The molecule has 0 heterocycles. The zero-order chi connectivity index (χ0) is 12.9. The molecule has 0 aliphatic rings. The van der Waals surface area contributed by atoms with E-state index in [0.717, 1.165) is 0 Å². The molecular formula is C11H11ClN2O2S. The molecule has 6 heteroatoms. The Kier molecular flexibility index (Phi) is 4.70. The highest BCUT2D eigenvalue weighted by Gasteiger charge is 2.18. The maximum Gasteiger partial charge on any atom is 0.241 e. The van der Waals surface area contributed by atoms with E-state index in [2.05, 4.69) is 11.3 Å². The highest BCUT2D eigenvalue weighted by Crippen LogP contribution is 2.20. The summed E-state index contributed by atoms with van der Waals surface area (Å²) in [6, 6.07) is 5.94. The van der Waals surface area contributed by atoms with E-state index in [1.165, 1.54) is 18.2 Å². The molecule has 1 N–H and O–H groups in total. The summed E-state index contributed by atoms with van der Waals surface area (Å²) in [6.07, 6.45) is 2.12. The van der Waals surface area contributed by atoms with Crippen molar-refractivity contribution in [3.8, 4) is 6.07 Å². The molecule has 0 aliphatic heterocycles. The number of halogens is 1. The largest absolute Gasteiger partial charge is 0.241 e. The summed E-state index contributed by atoms with van der Waals surface area (Å²) in [6.45, 7) is 3.73. The first-order chi connectivity index (χ1) is 8.01. The van der Waals surface area contributed by atoms with Gasteiger partial charge in [0.05, 0.1) is 5.56 Å². The highest BCUT2D eigenvalue weighted by atomic mass is 35.5. The molecule has 0 spiro atoms. The number of nitriles is 1. The SMILES string of the molecule is C=CCCNS(=O)(=O)c1cc(Cl)ccc1C#N. The van der Waals surface area contributed by atoms with Crippen LogP contribution in [-0.4, -0.2) is 15.0 Å². The lowest BCUT2D eigenvalue weighted by molar-refractivity contribution is 0.582. The second-order valence-electron chi connectivity index (χ2n) is 3.23. The van der Waals surface area contributed by atoms with Crippen LogP contribution in [0.4, 0.5) is 0 Å². The van der Waals surface area contributed by atoms with Gasteiger partial charge in [0.15, 0.2) is 0 Å². The van der Waals surface area contributed by atoms with Crippen LogP contribution in [0.5, 0.6) is 0 Å². The Hall–Kier alpha value is -1.35. The molecule has 0 saturated carbocycles. The third kappa shape index (κ3) is 3.56. The normalized spacial score (nSPS) is 10.8. The van der Waals surface area contributed by atoms with Gasteiger partial charge in [-0.15, -0.1) is 6.58 Å². The Morgan fingerprint density at radius 1 is 1.53 bits per heavy atom. The Labute approximate surface area is 106 Å². The molecule has 1 aromatic rings. The molecule has 1 aromatic carbocycles. The Bertz CT molecular complexity index is 561. The molecule has 4 nitrogen and oxygen atoms in total. The monoisotopic (exact) mass is 270 g/mol. The molecule has 0 bridgehead atoms. The van der Waals surface area contributed by atoms with E-state index in [1.807, 2.05) is 6.07 Å². The minimum absolute atomic E-state index is 0.0699. The molecule has 0 atom stereocenters. The van der Waals surface area contributed by atoms with Crippen LogP contribution in [0, 0.1) is 11.3 Å². The fraction of sp³-hybridized carbons (Fsp3) is 0.182. The van der Waals surface area contributed by atoms with Gasteiger partial charge in [-0.2, -0.15) is 5.26 Å². The molecule has 0 unspecified atom stereocenters. The average molecular weight is 271 g/mol. The topological polar surface area (TPSA) is 70.0 Å². The molecular weight excluding hydrogens is 260 g/mol. The maximum absolute atomic E-state index is 11.9. The van der Waals surface area contributed by atoms with Crippen molar-refractivity contribution in [3.63, 3.8) is 0 Å². The van der Waals surface area contributed by atoms with Crippen molar-refractivity contribution in [1.82, 2.24) is 4.72 Å². The van der Waals surface area contributed by atoms with Gasteiger partial charge in [-0.1, -0.05) is 17.7 Å². The van der Waals surface area contributed by atoms with E-state index < -0.39 is 10.0 Å². The molecule has 0 aromatic heterocycles. The van der Waals surface area contributed by atoms with Crippen molar-refractivity contribution in [3.05, 3.63) is 41.4 Å². The lowest BCUT2D eigenvalue weighted by Gasteiger charge is -2.07. The first-order valence-corrected chi connectivity index (χ1v) is 6.67. The first kappa shape index (κ1) is 13.7. The number of rotatable bonds is 5. The van der Waals surface area contributed by atoms with E-state index in [4.69, 9.17) is 16.9 Å². The quantitative estimate of drug-likeness (QED) is 0.658. The van der Waals surface area contributed by atoms with Crippen molar-refractivity contribution in [2.45, 2.75) is 11.3 Å². The van der Waals surface area contributed by atoms with E-state index in [1.54, 1.807) is 6.08 Å². The number of sulfonamides is 1. The summed E-state index contributed by atoms with van der Waals surface area (Å²) in [5, 5.41) is 9.11. The van der Waals surface area contributed by atoms with Crippen LogP contribution in [0.25, 0.3) is 0 Å². The predicted octanol–water partition coefficient (Wildman–Crippen LogP) is 2.07. The van der Waals surface area contributed by atoms with Crippen LogP contribution in [0.2, 0.25) is 5.02 Å². The van der Waals surface area contributed by atoms with Crippen molar-refractivity contribution < 1.29 is 8.42 Å². The van der Waals surface area contributed by atoms with Gasteiger partial charge in [-0.05, 0) is 24.6 Å². The number of nitrogens with zero attached hydrogens (tertiary/aromatic N) is 1. The minimum Gasteiger partial charge on any atom is -0.211 e. The lowest BCUT2D eigenvalue weighted by atomic mass is 10.2. The Morgan fingerprint density at radius 2 is 2.24 bits per heavy atom. The number of hydrogen-bond donors (Lipinski definition) is 1. The summed E-state index contributed by atoms with van der Waals surface area (Å²) in [7, 11) is -3.70. The Balaban J connectivity index is 3.10. The fourth-order valence-electron chi connectivity index (χ4n) is 1.18. The van der Waals surface area contributed by atoms with E-state index in [-0.39, 0.29) is 22.0 Å². The maximum atomic E-state index is 11.9. The lowest BCUT2D eigenvalue weighted by Crippen LogP contribution is -2.25. The van der Waals surface area contributed by atoms with E-state index >= 15 is 0 Å². The molecule has 0 fully saturated rings. The first-order valence-electron chi connectivity index (χ1n) is 4.81. The average Bonchev–Trinajstić information content (AvgIpc) is 2.29. The van der Waals surface area contributed by atoms with Crippen molar-refractivity contribution in [1.29, 1.82) is 5.26 Å². The summed E-state index contributed by atoms with van der Waals surface area (Å²) in [4.78, 5) is -0.100. The number of hydrogen-bond acceptors (Lipinski definition) is 3. The molecule has 0 radical (unpaired) electrons. The molecule has 17 heavy (non-hydrogen) atoms. The van der Waals surface area contributed by atoms with E-state index in [0.29, 0.717) is 6.42 Å². The van der Waals surface area contributed by atoms with Crippen molar-refractivity contribution in [2.24, 2.45) is 0 Å². The van der Waals surface area contributed by atoms with Gasteiger partial charge in [-0.3, -0.25) is 0 Å². The van der Waals surface area contributed by atoms with Gasteiger partial charge in [-0.25, -0.2) is 13.1 Å². The fourth-order valence-corrected chi connectivity index (χ4v) is 2.65. The summed E-state index contributed by atoms with van der Waals surface area (Å²) in [5.74, 6) is 0. The minimum atomic E-state index is -3.70. The van der Waals surface area contributed by atoms with Crippen LogP contribution in [0.3, 0.4) is 0 Å². The summed E-state index contributed by atoms with van der Waals surface area (Å²) in [5.41, 5.74) is 0.0699. The third-order valence-corrected chi connectivity index (χ3v) is 3.73. The summed E-state index contributed by atoms with van der Waals surface area (Å²) < 4.78 is 26.1. The van der Waals surface area contributed by atoms with Crippen LogP contribution < -0.4 is 4.72 Å². The number of benzene rings is 1. The molecule has 0 aliphatic carbocycles. The third-order valence-electron chi connectivity index (χ3n) is 1.99.